The fraction of sp³-hybridized carbons (Fsp3) is 1.00. The smallest absolute Gasteiger partial charge is 0.282 e. The van der Waals surface area contributed by atoms with E-state index in [1.165, 1.54) is 12.8 Å². The van der Waals surface area contributed by atoms with Crippen molar-refractivity contribution in [3.63, 3.8) is 0 Å². The van der Waals surface area contributed by atoms with Gasteiger partial charge < -0.3 is 5.32 Å². The maximum Gasteiger partial charge on any atom is 0.282 e. The third-order valence-corrected chi connectivity index (χ3v) is 6.37. The predicted molar refractivity (Wildman–Crippen MR) is 77.2 cm³/mol. The predicted octanol–water partition coefficient (Wildman–Crippen LogP) is 1.04. The second kappa shape index (κ2) is 7.02. The summed E-state index contributed by atoms with van der Waals surface area (Å²) >= 11 is 0. The molecule has 2 aliphatic rings. The van der Waals surface area contributed by atoms with Gasteiger partial charge in [0.2, 0.25) is 0 Å². The maximum absolute atomic E-state index is 12.7. The van der Waals surface area contributed by atoms with Gasteiger partial charge >= 0.3 is 0 Å². The van der Waals surface area contributed by atoms with Crippen LogP contribution in [0.15, 0.2) is 0 Å². The monoisotopic (exact) mass is 289 g/mol. The normalized spacial score (nSPS) is 28.8. The van der Waals surface area contributed by atoms with E-state index in [1.54, 1.807) is 8.61 Å². The molecule has 19 heavy (non-hydrogen) atoms. The molecule has 2 fully saturated rings. The highest BCUT2D eigenvalue weighted by Gasteiger charge is 2.31. The highest BCUT2D eigenvalue weighted by molar-refractivity contribution is 7.86. The van der Waals surface area contributed by atoms with Crippen LogP contribution in [-0.2, 0) is 10.2 Å². The molecule has 0 spiro atoms. The van der Waals surface area contributed by atoms with Gasteiger partial charge in [0, 0.05) is 32.7 Å². The van der Waals surface area contributed by atoms with Crippen molar-refractivity contribution in [2.45, 2.75) is 39.0 Å². The molecule has 1 atom stereocenters. The summed E-state index contributed by atoms with van der Waals surface area (Å²) in [6, 6.07) is 0. The molecule has 1 unspecified atom stereocenters. The summed E-state index contributed by atoms with van der Waals surface area (Å²) < 4.78 is 28.7. The lowest BCUT2D eigenvalue weighted by Gasteiger charge is -2.28. The Morgan fingerprint density at radius 1 is 1.00 bits per heavy atom. The standard InChI is InChI=1S/C13H27N3O2S/c1-2-13-5-3-9-15(11-6-13)19(17,18)16-10-4-7-14-8-12-16/h13-14H,2-12H2,1H3. The summed E-state index contributed by atoms with van der Waals surface area (Å²) in [7, 11) is -3.24. The lowest BCUT2D eigenvalue weighted by atomic mass is 9.98. The molecule has 2 rings (SSSR count). The van der Waals surface area contributed by atoms with Crippen LogP contribution in [0.3, 0.4) is 0 Å². The zero-order valence-electron chi connectivity index (χ0n) is 12.0. The lowest BCUT2D eigenvalue weighted by molar-refractivity contribution is 0.345. The Morgan fingerprint density at radius 3 is 2.53 bits per heavy atom. The first-order valence-corrected chi connectivity index (χ1v) is 9.00. The third kappa shape index (κ3) is 3.90. The van der Waals surface area contributed by atoms with Gasteiger partial charge in [-0.05, 0) is 38.1 Å². The average molecular weight is 289 g/mol. The highest BCUT2D eigenvalue weighted by atomic mass is 32.2. The van der Waals surface area contributed by atoms with Gasteiger partial charge in [-0.15, -0.1) is 0 Å². The molecule has 5 nitrogen and oxygen atoms in total. The van der Waals surface area contributed by atoms with Gasteiger partial charge in [0.1, 0.15) is 0 Å². The van der Waals surface area contributed by atoms with Gasteiger partial charge in [-0.1, -0.05) is 13.3 Å². The molecule has 2 aliphatic heterocycles. The van der Waals surface area contributed by atoms with E-state index in [4.69, 9.17) is 0 Å². The second-order valence-electron chi connectivity index (χ2n) is 5.61. The Balaban J connectivity index is 2.01. The molecule has 112 valence electrons. The molecule has 1 N–H and O–H groups in total. The van der Waals surface area contributed by atoms with Crippen molar-refractivity contribution < 1.29 is 8.42 Å². The number of hydrogen-bond acceptors (Lipinski definition) is 3. The molecule has 2 saturated heterocycles. The van der Waals surface area contributed by atoms with Crippen LogP contribution in [0, 0.1) is 5.92 Å². The molecule has 0 aromatic rings. The summed E-state index contributed by atoms with van der Waals surface area (Å²) in [5.74, 6) is 0.700. The van der Waals surface area contributed by atoms with Crippen LogP contribution in [-0.4, -0.2) is 56.3 Å². The topological polar surface area (TPSA) is 52.7 Å². The van der Waals surface area contributed by atoms with Gasteiger partial charge in [0.25, 0.3) is 10.2 Å². The Morgan fingerprint density at radius 2 is 1.74 bits per heavy atom. The molecule has 0 aliphatic carbocycles. The Bertz CT molecular complexity index is 364. The zero-order valence-corrected chi connectivity index (χ0v) is 12.8. The van der Waals surface area contributed by atoms with E-state index in [9.17, 15) is 8.42 Å². The van der Waals surface area contributed by atoms with Crippen LogP contribution in [0.25, 0.3) is 0 Å². The van der Waals surface area contributed by atoms with Gasteiger partial charge in [-0.2, -0.15) is 17.0 Å². The van der Waals surface area contributed by atoms with Crippen molar-refractivity contribution in [3.05, 3.63) is 0 Å². The van der Waals surface area contributed by atoms with E-state index in [2.05, 4.69) is 12.2 Å². The van der Waals surface area contributed by atoms with Crippen molar-refractivity contribution in [1.29, 1.82) is 0 Å². The Labute approximate surface area is 117 Å². The number of hydrogen-bond donors (Lipinski definition) is 1. The number of nitrogens with zero attached hydrogens (tertiary/aromatic N) is 2. The molecule has 0 bridgehead atoms. The SMILES string of the molecule is CCC1CCCN(S(=O)(=O)N2CCCNCC2)CC1. The molecule has 2 heterocycles. The summed E-state index contributed by atoms with van der Waals surface area (Å²) in [6.45, 7) is 6.55. The van der Waals surface area contributed by atoms with Crippen molar-refractivity contribution in [3.8, 4) is 0 Å². The van der Waals surface area contributed by atoms with Crippen LogP contribution in [0.4, 0.5) is 0 Å². The van der Waals surface area contributed by atoms with Crippen LogP contribution in [0.1, 0.15) is 39.0 Å². The summed E-state index contributed by atoms with van der Waals surface area (Å²) in [4.78, 5) is 0. The average Bonchev–Trinajstić information content (AvgIpc) is 2.81. The van der Waals surface area contributed by atoms with Gasteiger partial charge in [0.15, 0.2) is 0 Å². The minimum Gasteiger partial charge on any atom is -0.315 e. The first-order valence-electron chi connectivity index (χ1n) is 7.60. The fourth-order valence-electron chi connectivity index (χ4n) is 2.99. The molecule has 0 aromatic carbocycles. The Hall–Kier alpha value is -0.170. The van der Waals surface area contributed by atoms with Crippen molar-refractivity contribution in [2.75, 3.05) is 39.3 Å². The molecule has 0 aromatic heterocycles. The van der Waals surface area contributed by atoms with Crippen LogP contribution < -0.4 is 5.32 Å². The minimum absolute atomic E-state index is 0.607. The van der Waals surface area contributed by atoms with Crippen LogP contribution in [0.2, 0.25) is 0 Å². The Kier molecular flexibility index (Phi) is 5.62. The molecule has 6 heteroatoms. The van der Waals surface area contributed by atoms with Gasteiger partial charge in [0.05, 0.1) is 0 Å². The molecular formula is C13H27N3O2S. The van der Waals surface area contributed by atoms with Gasteiger partial charge in [-0.3, -0.25) is 0 Å². The van der Waals surface area contributed by atoms with E-state index in [-0.39, 0.29) is 0 Å². The summed E-state index contributed by atoms with van der Waals surface area (Å²) in [6.07, 6.45) is 5.27. The summed E-state index contributed by atoms with van der Waals surface area (Å²) in [5.41, 5.74) is 0. The molecule has 0 amide bonds. The summed E-state index contributed by atoms with van der Waals surface area (Å²) in [5, 5.41) is 3.26. The minimum atomic E-state index is -3.24. The second-order valence-corrected chi connectivity index (χ2v) is 7.54. The van der Waals surface area contributed by atoms with Crippen molar-refractivity contribution in [2.24, 2.45) is 5.92 Å². The fourth-order valence-corrected chi connectivity index (χ4v) is 4.70. The quantitative estimate of drug-likeness (QED) is 0.844. The van der Waals surface area contributed by atoms with E-state index >= 15 is 0 Å². The van der Waals surface area contributed by atoms with Crippen LogP contribution in [0.5, 0.6) is 0 Å². The lowest BCUT2D eigenvalue weighted by Crippen LogP contribution is -2.45. The zero-order chi connectivity index (χ0) is 13.7. The molecule has 0 radical (unpaired) electrons. The van der Waals surface area contributed by atoms with E-state index in [0.29, 0.717) is 32.1 Å². The molecule has 0 saturated carbocycles. The third-order valence-electron chi connectivity index (χ3n) is 4.34. The number of rotatable bonds is 3. The van der Waals surface area contributed by atoms with Crippen LogP contribution >= 0.6 is 0 Å². The maximum atomic E-state index is 12.7. The van der Waals surface area contributed by atoms with E-state index in [0.717, 1.165) is 32.4 Å². The highest BCUT2D eigenvalue weighted by Crippen LogP contribution is 2.23. The van der Waals surface area contributed by atoms with E-state index in [1.807, 2.05) is 0 Å². The van der Waals surface area contributed by atoms with Gasteiger partial charge in [-0.25, -0.2) is 0 Å². The molecular weight excluding hydrogens is 262 g/mol. The number of nitrogens with one attached hydrogen (secondary N) is 1. The van der Waals surface area contributed by atoms with Crippen molar-refractivity contribution in [1.82, 2.24) is 13.9 Å². The van der Waals surface area contributed by atoms with Crippen molar-refractivity contribution >= 4 is 10.2 Å². The first kappa shape index (κ1) is 15.2. The first-order chi connectivity index (χ1) is 9.14. The largest absolute Gasteiger partial charge is 0.315 e. The van der Waals surface area contributed by atoms with E-state index < -0.39 is 10.2 Å².